The number of nitrogens with zero attached hydrogens (tertiary/aromatic N) is 4. The van der Waals surface area contributed by atoms with E-state index in [9.17, 15) is 4.79 Å². The number of methoxy groups -OCH3 is 1. The standard InChI is InChI=1S/C21H21ClN4O2S/c1-28-18-9-7-15(8-10-18)19-6-3-11-25(19)20(27)13-29-21-24-23-14-26(21)17-5-2-4-16(22)12-17/h2,4-5,7-10,12,14,19H,3,6,11,13H2,1H3/t19-/m0/s1. The van der Waals surface area contributed by atoms with E-state index in [1.807, 2.05) is 58.0 Å². The summed E-state index contributed by atoms with van der Waals surface area (Å²) in [6.07, 6.45) is 3.61. The van der Waals surface area contributed by atoms with E-state index in [1.54, 1.807) is 13.4 Å². The number of aromatic nitrogens is 3. The van der Waals surface area contributed by atoms with Crippen molar-refractivity contribution in [1.82, 2.24) is 19.7 Å². The minimum atomic E-state index is 0.106. The number of carbonyl (C=O) groups excluding carboxylic acids is 1. The zero-order valence-corrected chi connectivity index (χ0v) is 17.6. The molecule has 1 aromatic heterocycles. The molecule has 1 atom stereocenters. The van der Waals surface area contributed by atoms with E-state index in [4.69, 9.17) is 16.3 Å². The van der Waals surface area contributed by atoms with Gasteiger partial charge in [0, 0.05) is 11.6 Å². The Hall–Kier alpha value is -2.51. The number of hydrogen-bond acceptors (Lipinski definition) is 5. The predicted octanol–water partition coefficient (Wildman–Crippen LogP) is 4.39. The number of rotatable bonds is 6. The lowest BCUT2D eigenvalue weighted by Gasteiger charge is -2.25. The maximum absolute atomic E-state index is 13.0. The molecule has 1 fully saturated rings. The molecule has 0 bridgehead atoms. The van der Waals surface area contributed by atoms with Crippen LogP contribution >= 0.6 is 23.4 Å². The van der Waals surface area contributed by atoms with Gasteiger partial charge in [-0.25, -0.2) is 0 Å². The Morgan fingerprint density at radius 1 is 1.28 bits per heavy atom. The molecule has 8 heteroatoms. The van der Waals surface area contributed by atoms with E-state index in [2.05, 4.69) is 10.2 Å². The molecule has 0 unspecified atom stereocenters. The fourth-order valence-electron chi connectivity index (χ4n) is 3.57. The maximum atomic E-state index is 13.0. The summed E-state index contributed by atoms with van der Waals surface area (Å²) in [6.45, 7) is 0.775. The van der Waals surface area contributed by atoms with Crippen LogP contribution in [0.4, 0.5) is 0 Å². The summed E-state index contributed by atoms with van der Waals surface area (Å²) in [5.41, 5.74) is 2.01. The monoisotopic (exact) mass is 428 g/mol. The van der Waals surface area contributed by atoms with Crippen molar-refractivity contribution < 1.29 is 9.53 Å². The molecule has 1 aliphatic rings. The van der Waals surface area contributed by atoms with E-state index in [0.717, 1.165) is 36.4 Å². The molecular formula is C21H21ClN4O2S. The molecule has 150 valence electrons. The highest BCUT2D eigenvalue weighted by molar-refractivity contribution is 7.99. The van der Waals surface area contributed by atoms with E-state index < -0.39 is 0 Å². The lowest BCUT2D eigenvalue weighted by molar-refractivity contribution is -0.129. The molecule has 0 radical (unpaired) electrons. The minimum absolute atomic E-state index is 0.106. The largest absolute Gasteiger partial charge is 0.497 e. The molecule has 0 spiro atoms. The first kappa shape index (κ1) is 19.8. The third-order valence-electron chi connectivity index (χ3n) is 5.00. The highest BCUT2D eigenvalue weighted by Gasteiger charge is 2.30. The van der Waals surface area contributed by atoms with Crippen molar-refractivity contribution in [2.45, 2.75) is 24.0 Å². The zero-order valence-electron chi connectivity index (χ0n) is 16.0. The summed E-state index contributed by atoms with van der Waals surface area (Å²) < 4.78 is 7.08. The molecule has 3 aromatic rings. The normalized spacial score (nSPS) is 16.2. The molecule has 4 rings (SSSR count). The summed E-state index contributed by atoms with van der Waals surface area (Å²) >= 11 is 7.48. The summed E-state index contributed by atoms with van der Waals surface area (Å²) in [5.74, 6) is 1.24. The lowest BCUT2D eigenvalue weighted by Crippen LogP contribution is -2.32. The van der Waals surface area contributed by atoms with E-state index in [1.165, 1.54) is 11.8 Å². The second kappa shape index (κ2) is 8.88. The molecular weight excluding hydrogens is 408 g/mol. The second-order valence-electron chi connectivity index (χ2n) is 6.77. The molecule has 6 nitrogen and oxygen atoms in total. The van der Waals surface area contributed by atoms with Gasteiger partial charge in [0.1, 0.15) is 12.1 Å². The Kier molecular flexibility index (Phi) is 6.06. The van der Waals surface area contributed by atoms with Crippen LogP contribution in [0.5, 0.6) is 5.75 Å². The Morgan fingerprint density at radius 3 is 2.86 bits per heavy atom. The zero-order chi connectivity index (χ0) is 20.2. The van der Waals surface area contributed by atoms with Gasteiger partial charge in [-0.1, -0.05) is 41.6 Å². The van der Waals surface area contributed by atoms with E-state index >= 15 is 0 Å². The van der Waals surface area contributed by atoms with Crippen LogP contribution in [0.3, 0.4) is 0 Å². The summed E-state index contributed by atoms with van der Waals surface area (Å²) in [5, 5.41) is 9.47. The van der Waals surface area contributed by atoms with Gasteiger partial charge >= 0.3 is 0 Å². The van der Waals surface area contributed by atoms with Crippen LogP contribution in [0, 0.1) is 0 Å². The number of benzene rings is 2. The van der Waals surface area contributed by atoms with Crippen LogP contribution in [0.25, 0.3) is 5.69 Å². The number of ether oxygens (including phenoxy) is 1. The minimum Gasteiger partial charge on any atom is -0.497 e. The molecule has 1 amide bonds. The van der Waals surface area contributed by atoms with Crippen LogP contribution in [-0.2, 0) is 4.79 Å². The number of likely N-dealkylation sites (tertiary alicyclic amines) is 1. The van der Waals surface area contributed by atoms with Crippen molar-refractivity contribution in [3.8, 4) is 11.4 Å². The Balaban J connectivity index is 1.44. The number of thioether (sulfide) groups is 1. The van der Waals surface area contributed by atoms with Crippen molar-refractivity contribution in [2.75, 3.05) is 19.4 Å². The average Bonchev–Trinajstić information content (AvgIpc) is 3.42. The number of halogens is 1. The molecule has 2 heterocycles. The Morgan fingerprint density at radius 2 is 2.10 bits per heavy atom. The van der Waals surface area contributed by atoms with Crippen LogP contribution in [-0.4, -0.2) is 45.0 Å². The smallest absolute Gasteiger partial charge is 0.233 e. The molecule has 0 aliphatic carbocycles. The number of amides is 1. The fraction of sp³-hybridized carbons (Fsp3) is 0.286. The molecule has 0 N–H and O–H groups in total. The maximum Gasteiger partial charge on any atom is 0.233 e. The van der Waals surface area contributed by atoms with Crippen molar-refractivity contribution >= 4 is 29.3 Å². The predicted molar refractivity (Wildman–Crippen MR) is 114 cm³/mol. The highest BCUT2D eigenvalue weighted by Crippen LogP contribution is 2.33. The van der Waals surface area contributed by atoms with Crippen LogP contribution in [0.15, 0.2) is 60.0 Å². The van der Waals surface area contributed by atoms with Gasteiger partial charge in [-0.2, -0.15) is 0 Å². The van der Waals surface area contributed by atoms with Crippen molar-refractivity contribution in [1.29, 1.82) is 0 Å². The van der Waals surface area contributed by atoms with Gasteiger partial charge < -0.3 is 9.64 Å². The van der Waals surface area contributed by atoms with Crippen molar-refractivity contribution in [3.05, 3.63) is 65.4 Å². The van der Waals surface area contributed by atoms with Gasteiger partial charge in [0.05, 0.1) is 24.6 Å². The van der Waals surface area contributed by atoms with Gasteiger partial charge in [0.2, 0.25) is 5.91 Å². The van der Waals surface area contributed by atoms with E-state index in [-0.39, 0.29) is 11.9 Å². The lowest BCUT2D eigenvalue weighted by atomic mass is 10.0. The van der Waals surface area contributed by atoms with Gasteiger partial charge in [-0.05, 0) is 48.7 Å². The van der Waals surface area contributed by atoms with Crippen molar-refractivity contribution in [2.24, 2.45) is 0 Å². The third kappa shape index (κ3) is 4.41. The van der Waals surface area contributed by atoms with E-state index in [0.29, 0.717) is 15.9 Å². The first-order valence-corrected chi connectivity index (χ1v) is 10.7. The fourth-order valence-corrected chi connectivity index (χ4v) is 4.57. The molecule has 2 aromatic carbocycles. The van der Waals surface area contributed by atoms with Crippen LogP contribution < -0.4 is 4.74 Å². The molecule has 29 heavy (non-hydrogen) atoms. The summed E-state index contributed by atoms with van der Waals surface area (Å²) in [6, 6.07) is 15.5. The molecule has 1 aliphatic heterocycles. The Bertz CT molecular complexity index is 992. The number of hydrogen-bond donors (Lipinski definition) is 0. The van der Waals surface area contributed by atoms with Crippen LogP contribution in [0.2, 0.25) is 5.02 Å². The molecule has 0 saturated carbocycles. The summed E-state index contributed by atoms with van der Waals surface area (Å²) in [7, 11) is 1.65. The highest BCUT2D eigenvalue weighted by atomic mass is 35.5. The molecule has 1 saturated heterocycles. The van der Waals surface area contributed by atoms with Gasteiger partial charge in [-0.3, -0.25) is 9.36 Å². The number of carbonyl (C=O) groups is 1. The summed E-state index contributed by atoms with van der Waals surface area (Å²) in [4.78, 5) is 14.9. The second-order valence-corrected chi connectivity index (χ2v) is 8.15. The SMILES string of the molecule is COc1ccc([C@@H]2CCCN2C(=O)CSc2nncn2-c2cccc(Cl)c2)cc1. The van der Waals surface area contributed by atoms with Gasteiger partial charge in [-0.15, -0.1) is 10.2 Å². The quantitative estimate of drug-likeness (QED) is 0.545. The van der Waals surface area contributed by atoms with Crippen molar-refractivity contribution in [3.63, 3.8) is 0 Å². The van der Waals surface area contributed by atoms with Gasteiger partial charge in [0.15, 0.2) is 5.16 Å². The average molecular weight is 429 g/mol. The van der Waals surface area contributed by atoms with Crippen LogP contribution in [0.1, 0.15) is 24.4 Å². The Labute approximate surface area is 178 Å². The first-order chi connectivity index (χ1) is 14.2. The topological polar surface area (TPSA) is 60.2 Å². The van der Waals surface area contributed by atoms with Gasteiger partial charge in [0.25, 0.3) is 0 Å². The first-order valence-electron chi connectivity index (χ1n) is 9.38. The third-order valence-corrected chi connectivity index (χ3v) is 6.16.